The fourth-order valence-electron chi connectivity index (χ4n) is 1.69. The van der Waals surface area contributed by atoms with Crippen molar-refractivity contribution in [2.45, 2.75) is 11.8 Å². The molecule has 0 heterocycles. The molecule has 0 aliphatic heterocycles. The first-order valence-electron chi connectivity index (χ1n) is 6.35. The number of sulfonamides is 1. The first-order valence-corrected chi connectivity index (χ1v) is 8.21. The van der Waals surface area contributed by atoms with Crippen LogP contribution in [0.2, 0.25) is 5.02 Å². The summed E-state index contributed by atoms with van der Waals surface area (Å²) in [6.45, 7) is 1.84. The van der Waals surface area contributed by atoms with Crippen LogP contribution in [0.3, 0.4) is 0 Å². The molecular weight excluding hydrogens is 342 g/mol. The van der Waals surface area contributed by atoms with E-state index in [1.54, 1.807) is 12.1 Å². The van der Waals surface area contributed by atoms with Gasteiger partial charge in [-0.15, -0.1) is 0 Å². The molecule has 0 fully saturated rings. The minimum atomic E-state index is -3.79. The van der Waals surface area contributed by atoms with E-state index in [4.69, 9.17) is 11.6 Å². The van der Waals surface area contributed by atoms with Gasteiger partial charge in [0.1, 0.15) is 5.02 Å². The predicted molar refractivity (Wildman–Crippen MR) is 87.2 cm³/mol. The van der Waals surface area contributed by atoms with Crippen molar-refractivity contribution in [3.63, 3.8) is 0 Å². The second kappa shape index (κ2) is 6.76. The maximum atomic E-state index is 12.0. The van der Waals surface area contributed by atoms with Gasteiger partial charge in [0.25, 0.3) is 15.7 Å². The molecule has 0 amide bonds. The van der Waals surface area contributed by atoms with Crippen LogP contribution < -0.4 is 4.83 Å². The number of nitrogens with zero attached hydrogens (tertiary/aromatic N) is 2. The van der Waals surface area contributed by atoms with E-state index in [0.717, 1.165) is 11.8 Å². The molecule has 2 rings (SSSR count). The van der Waals surface area contributed by atoms with Crippen LogP contribution in [0.5, 0.6) is 0 Å². The number of nitrogens with one attached hydrogen (secondary N) is 1. The highest BCUT2D eigenvalue weighted by molar-refractivity contribution is 7.89. The molecule has 0 radical (unpaired) electrons. The number of nitro groups is 1. The standard InChI is InChI=1S/C14H12ClN3O4S/c1-10-2-5-12(6-3-10)23(21,22)17-16-9-11-4-7-13(15)14(8-11)18(19)20/h2-9,17H,1H3/b16-9+. The summed E-state index contributed by atoms with van der Waals surface area (Å²) in [7, 11) is -3.79. The third-order valence-electron chi connectivity index (χ3n) is 2.88. The Balaban J connectivity index is 2.17. The Morgan fingerprint density at radius 2 is 1.87 bits per heavy atom. The van der Waals surface area contributed by atoms with Crippen LogP contribution >= 0.6 is 11.6 Å². The van der Waals surface area contributed by atoms with E-state index >= 15 is 0 Å². The van der Waals surface area contributed by atoms with Crippen LogP contribution in [0, 0.1) is 17.0 Å². The van der Waals surface area contributed by atoms with Gasteiger partial charge in [-0.1, -0.05) is 35.4 Å². The van der Waals surface area contributed by atoms with Crippen molar-refractivity contribution in [1.29, 1.82) is 0 Å². The summed E-state index contributed by atoms with van der Waals surface area (Å²) in [6, 6.07) is 10.3. The predicted octanol–water partition coefficient (Wildman–Crippen LogP) is 2.87. The van der Waals surface area contributed by atoms with Crippen molar-refractivity contribution >= 4 is 33.5 Å². The average molecular weight is 354 g/mol. The van der Waals surface area contributed by atoms with Crippen molar-refractivity contribution in [2.24, 2.45) is 5.10 Å². The zero-order valence-electron chi connectivity index (χ0n) is 11.9. The maximum Gasteiger partial charge on any atom is 0.288 e. The maximum absolute atomic E-state index is 12.0. The van der Waals surface area contributed by atoms with Crippen LogP contribution in [0.4, 0.5) is 5.69 Å². The Morgan fingerprint density at radius 1 is 1.22 bits per heavy atom. The number of halogens is 1. The second-order valence-electron chi connectivity index (χ2n) is 4.63. The van der Waals surface area contributed by atoms with Crippen molar-refractivity contribution in [3.05, 3.63) is 68.7 Å². The Bertz CT molecular complexity index is 864. The van der Waals surface area contributed by atoms with Crippen molar-refractivity contribution in [2.75, 3.05) is 0 Å². The van der Waals surface area contributed by atoms with Gasteiger partial charge in [0.05, 0.1) is 16.0 Å². The lowest BCUT2D eigenvalue weighted by molar-refractivity contribution is -0.384. The van der Waals surface area contributed by atoms with Gasteiger partial charge in [0.2, 0.25) is 0 Å². The molecule has 0 saturated heterocycles. The van der Waals surface area contributed by atoms with Crippen LogP contribution in [0.15, 0.2) is 52.5 Å². The molecule has 0 spiro atoms. The largest absolute Gasteiger partial charge is 0.288 e. The Hall–Kier alpha value is -2.45. The van der Waals surface area contributed by atoms with E-state index in [9.17, 15) is 18.5 Å². The fourth-order valence-corrected chi connectivity index (χ4v) is 2.67. The van der Waals surface area contributed by atoms with Gasteiger partial charge in [-0.05, 0) is 25.1 Å². The summed E-state index contributed by atoms with van der Waals surface area (Å²) < 4.78 is 24.0. The smallest absolute Gasteiger partial charge is 0.258 e. The molecule has 0 aliphatic carbocycles. The van der Waals surface area contributed by atoms with Gasteiger partial charge in [-0.2, -0.15) is 13.5 Å². The minimum absolute atomic E-state index is 0.00705. The van der Waals surface area contributed by atoms with Gasteiger partial charge in [-0.25, -0.2) is 4.83 Å². The van der Waals surface area contributed by atoms with Crippen LogP contribution in [-0.2, 0) is 10.0 Å². The highest BCUT2D eigenvalue weighted by Crippen LogP contribution is 2.24. The van der Waals surface area contributed by atoms with E-state index in [2.05, 4.69) is 5.10 Å². The zero-order chi connectivity index (χ0) is 17.0. The van der Waals surface area contributed by atoms with E-state index in [1.807, 2.05) is 11.8 Å². The lowest BCUT2D eigenvalue weighted by atomic mass is 10.2. The molecule has 0 aliphatic rings. The summed E-state index contributed by atoms with van der Waals surface area (Å²) in [5, 5.41) is 14.4. The van der Waals surface area contributed by atoms with Gasteiger partial charge < -0.3 is 0 Å². The number of hydrogen-bond donors (Lipinski definition) is 1. The van der Waals surface area contributed by atoms with Crippen molar-refractivity contribution in [1.82, 2.24) is 4.83 Å². The molecule has 0 bridgehead atoms. The molecule has 1 N–H and O–H groups in total. The van der Waals surface area contributed by atoms with Gasteiger partial charge in [0.15, 0.2) is 0 Å². The lowest BCUT2D eigenvalue weighted by Crippen LogP contribution is -2.18. The molecule has 0 saturated carbocycles. The summed E-state index contributed by atoms with van der Waals surface area (Å²) in [5.41, 5.74) is 0.991. The molecule has 23 heavy (non-hydrogen) atoms. The number of rotatable bonds is 5. The molecular formula is C14H12ClN3O4S. The van der Waals surface area contributed by atoms with Crippen molar-refractivity contribution in [3.8, 4) is 0 Å². The monoisotopic (exact) mass is 353 g/mol. The number of hydrogen-bond acceptors (Lipinski definition) is 5. The van der Waals surface area contributed by atoms with Crippen LogP contribution in [0.25, 0.3) is 0 Å². The molecule has 0 atom stereocenters. The number of nitro benzene ring substituents is 1. The topological polar surface area (TPSA) is 102 Å². The molecule has 2 aromatic rings. The highest BCUT2D eigenvalue weighted by atomic mass is 35.5. The summed E-state index contributed by atoms with van der Waals surface area (Å²) in [5.74, 6) is 0. The normalized spacial score (nSPS) is 11.6. The SMILES string of the molecule is Cc1ccc(S(=O)(=O)N/N=C/c2ccc(Cl)c([N+](=O)[O-])c2)cc1. The molecule has 0 aromatic heterocycles. The third-order valence-corrected chi connectivity index (χ3v) is 4.44. The van der Waals surface area contributed by atoms with Gasteiger partial charge in [0, 0.05) is 11.6 Å². The number of benzene rings is 2. The molecule has 0 unspecified atom stereocenters. The minimum Gasteiger partial charge on any atom is -0.258 e. The van der Waals surface area contributed by atoms with Crippen LogP contribution in [0.1, 0.15) is 11.1 Å². The summed E-state index contributed by atoms with van der Waals surface area (Å²) in [6.07, 6.45) is 1.16. The lowest BCUT2D eigenvalue weighted by Gasteiger charge is -2.03. The second-order valence-corrected chi connectivity index (χ2v) is 6.70. The summed E-state index contributed by atoms with van der Waals surface area (Å²) >= 11 is 5.69. The molecule has 120 valence electrons. The van der Waals surface area contributed by atoms with E-state index in [1.165, 1.54) is 30.3 Å². The Morgan fingerprint density at radius 3 is 2.48 bits per heavy atom. The highest BCUT2D eigenvalue weighted by Gasteiger charge is 2.13. The first kappa shape index (κ1) is 16.9. The van der Waals surface area contributed by atoms with Crippen molar-refractivity contribution < 1.29 is 13.3 Å². The zero-order valence-corrected chi connectivity index (χ0v) is 13.5. The first-order chi connectivity index (χ1) is 10.8. The Labute approximate surface area is 137 Å². The molecule has 2 aromatic carbocycles. The molecule has 7 nitrogen and oxygen atoms in total. The van der Waals surface area contributed by atoms with Gasteiger partial charge in [-0.3, -0.25) is 10.1 Å². The number of hydrazone groups is 1. The quantitative estimate of drug-likeness (QED) is 0.507. The van der Waals surface area contributed by atoms with Crippen LogP contribution in [-0.4, -0.2) is 19.6 Å². The van der Waals surface area contributed by atoms with E-state index in [-0.39, 0.29) is 15.6 Å². The number of aryl methyl sites for hydroxylation is 1. The van der Waals surface area contributed by atoms with E-state index < -0.39 is 14.9 Å². The fraction of sp³-hybridized carbons (Fsp3) is 0.0714. The Kier molecular flexibility index (Phi) is 4.97. The molecule has 9 heteroatoms. The summed E-state index contributed by atoms with van der Waals surface area (Å²) in [4.78, 5) is 12.3. The van der Waals surface area contributed by atoms with Gasteiger partial charge >= 0.3 is 0 Å². The van der Waals surface area contributed by atoms with E-state index in [0.29, 0.717) is 5.56 Å². The average Bonchev–Trinajstić information content (AvgIpc) is 2.49. The third kappa shape index (κ3) is 4.27.